The molecular weight excluding hydrogens is 272 g/mol. The third kappa shape index (κ3) is 18.3. The molecule has 0 aromatic rings. The molecule has 0 heterocycles. The maximum atomic E-state index is 10.5. The molecule has 0 aromatic heterocycles. The highest BCUT2D eigenvalue weighted by Gasteiger charge is 2.03. The lowest BCUT2D eigenvalue weighted by Gasteiger charge is -1.97. The molecule has 2 N–H and O–H groups in total. The number of hydrogen-bond acceptors (Lipinski definition) is 6. The number of rotatable bonds is 8. The van der Waals surface area contributed by atoms with Crippen LogP contribution in [0.25, 0.3) is 0 Å². The van der Waals surface area contributed by atoms with Gasteiger partial charge in [0, 0.05) is 25.7 Å². The Morgan fingerprint density at radius 2 is 1.00 bits per heavy atom. The summed E-state index contributed by atoms with van der Waals surface area (Å²) in [6.45, 7) is 0. The van der Waals surface area contributed by atoms with Gasteiger partial charge in [-0.15, -0.1) is 0 Å². The van der Waals surface area contributed by atoms with Gasteiger partial charge < -0.3 is 19.7 Å². The molecule has 0 aliphatic heterocycles. The van der Waals surface area contributed by atoms with E-state index in [1.165, 1.54) is 14.2 Å². The second kappa shape index (κ2) is 13.3. The first-order valence-electron chi connectivity index (χ1n) is 5.90. The smallest absolute Gasteiger partial charge is 0.305 e. The highest BCUT2D eigenvalue weighted by molar-refractivity contribution is 5.72. The molecule has 0 saturated carbocycles. The number of aliphatic carboxylic acids is 2. The Bertz CT molecular complexity index is 293. The van der Waals surface area contributed by atoms with Gasteiger partial charge in [-0.3, -0.25) is 19.2 Å². The van der Waals surface area contributed by atoms with E-state index in [0.717, 1.165) is 0 Å². The molecule has 0 bridgehead atoms. The molecule has 20 heavy (non-hydrogen) atoms. The molecule has 0 aromatic carbocycles. The van der Waals surface area contributed by atoms with Crippen molar-refractivity contribution in [2.45, 2.75) is 38.5 Å². The lowest BCUT2D eigenvalue weighted by atomic mass is 10.2. The average Bonchev–Trinajstić information content (AvgIpc) is 2.38. The van der Waals surface area contributed by atoms with Gasteiger partial charge in [-0.05, 0) is 12.8 Å². The molecule has 0 amide bonds. The van der Waals surface area contributed by atoms with Crippen LogP contribution in [0, 0.1) is 0 Å². The van der Waals surface area contributed by atoms with E-state index < -0.39 is 11.9 Å². The van der Waals surface area contributed by atoms with Crippen molar-refractivity contribution >= 4 is 23.9 Å². The molecule has 0 unspecified atom stereocenters. The highest BCUT2D eigenvalue weighted by atomic mass is 16.5. The monoisotopic (exact) mass is 292 g/mol. The van der Waals surface area contributed by atoms with Gasteiger partial charge in [0.25, 0.3) is 0 Å². The van der Waals surface area contributed by atoms with Crippen molar-refractivity contribution in [2.24, 2.45) is 0 Å². The highest BCUT2D eigenvalue weighted by Crippen LogP contribution is 1.97. The fraction of sp³-hybridized carbons (Fsp3) is 0.667. The maximum absolute atomic E-state index is 10.5. The number of methoxy groups -OCH3 is 2. The van der Waals surface area contributed by atoms with Crippen LogP contribution in [0.15, 0.2) is 0 Å². The number of carboxylic acid groups (broad SMARTS) is 2. The van der Waals surface area contributed by atoms with E-state index in [9.17, 15) is 19.2 Å². The SMILES string of the molecule is COC(=O)CCCC(=O)OC.O=C(O)CCCC(=O)O. The van der Waals surface area contributed by atoms with Crippen molar-refractivity contribution in [1.82, 2.24) is 0 Å². The molecule has 8 heteroatoms. The van der Waals surface area contributed by atoms with Gasteiger partial charge in [0.15, 0.2) is 0 Å². The van der Waals surface area contributed by atoms with E-state index in [1.807, 2.05) is 0 Å². The Hall–Kier alpha value is -2.12. The topological polar surface area (TPSA) is 127 Å². The lowest BCUT2D eigenvalue weighted by molar-refractivity contribution is -0.143. The number of ether oxygens (including phenoxy) is 2. The Morgan fingerprint density at radius 1 is 0.700 bits per heavy atom. The van der Waals surface area contributed by atoms with Gasteiger partial charge >= 0.3 is 23.9 Å². The van der Waals surface area contributed by atoms with E-state index in [4.69, 9.17) is 10.2 Å². The summed E-state index contributed by atoms with van der Waals surface area (Å²) in [5.74, 6) is -2.49. The fourth-order valence-electron chi connectivity index (χ4n) is 0.972. The zero-order valence-electron chi connectivity index (χ0n) is 11.6. The number of hydrogen-bond donors (Lipinski definition) is 2. The number of carboxylic acids is 2. The van der Waals surface area contributed by atoms with Crippen molar-refractivity contribution < 1.29 is 38.9 Å². The molecule has 0 aliphatic carbocycles. The minimum Gasteiger partial charge on any atom is -0.481 e. The lowest BCUT2D eigenvalue weighted by Crippen LogP contribution is -2.04. The molecule has 116 valence electrons. The van der Waals surface area contributed by atoms with Gasteiger partial charge in [0.2, 0.25) is 0 Å². The zero-order chi connectivity index (χ0) is 16.0. The summed E-state index contributed by atoms with van der Waals surface area (Å²) in [7, 11) is 2.64. The Labute approximate surface area is 116 Å². The van der Waals surface area contributed by atoms with Crippen molar-refractivity contribution in [1.29, 1.82) is 0 Å². The summed E-state index contributed by atoms with van der Waals surface area (Å²) < 4.78 is 8.75. The van der Waals surface area contributed by atoms with Crippen molar-refractivity contribution in [3.8, 4) is 0 Å². The fourth-order valence-corrected chi connectivity index (χ4v) is 0.972. The van der Waals surface area contributed by atoms with Crippen LogP contribution in [-0.2, 0) is 28.7 Å². The first-order valence-corrected chi connectivity index (χ1v) is 5.90. The van der Waals surface area contributed by atoms with Crippen LogP contribution in [0.2, 0.25) is 0 Å². The predicted octanol–water partition coefficient (Wildman–Crippen LogP) is 0.829. The van der Waals surface area contributed by atoms with Gasteiger partial charge in [0.05, 0.1) is 14.2 Å². The average molecular weight is 292 g/mol. The zero-order valence-corrected chi connectivity index (χ0v) is 11.6. The van der Waals surface area contributed by atoms with Crippen LogP contribution >= 0.6 is 0 Å². The standard InChI is InChI=1S/C7H12O4.C5H8O4/c1-10-6(8)4-3-5-7(9)11-2;6-4(7)2-1-3-5(8)9/h3-5H2,1-2H3;1-3H2,(H,6,7)(H,8,9). The van der Waals surface area contributed by atoms with E-state index in [0.29, 0.717) is 6.42 Å². The third-order valence-electron chi connectivity index (χ3n) is 2.00. The summed E-state index contributed by atoms with van der Waals surface area (Å²) in [4.78, 5) is 40.6. The van der Waals surface area contributed by atoms with Crippen LogP contribution in [0.1, 0.15) is 38.5 Å². The van der Waals surface area contributed by atoms with Gasteiger partial charge in [0.1, 0.15) is 0 Å². The summed E-state index contributed by atoms with van der Waals surface area (Å²) in [6.07, 6.45) is 1.11. The second-order valence-corrected chi connectivity index (χ2v) is 3.65. The summed E-state index contributed by atoms with van der Waals surface area (Å²) in [5, 5.41) is 16.1. The van der Waals surface area contributed by atoms with Gasteiger partial charge in [-0.25, -0.2) is 0 Å². The Kier molecular flexibility index (Phi) is 13.4. The van der Waals surface area contributed by atoms with E-state index in [2.05, 4.69) is 9.47 Å². The maximum Gasteiger partial charge on any atom is 0.305 e. The van der Waals surface area contributed by atoms with E-state index in [1.54, 1.807) is 0 Å². The normalized spacial score (nSPS) is 8.90. The van der Waals surface area contributed by atoms with Crippen LogP contribution in [0.3, 0.4) is 0 Å². The first-order chi connectivity index (χ1) is 9.33. The van der Waals surface area contributed by atoms with Crippen LogP contribution in [0.4, 0.5) is 0 Å². The summed E-state index contributed by atoms with van der Waals surface area (Å²) in [5.41, 5.74) is 0. The number of carbonyl (C=O) groups excluding carboxylic acids is 2. The predicted molar refractivity (Wildman–Crippen MR) is 67.0 cm³/mol. The molecule has 0 radical (unpaired) electrons. The van der Waals surface area contributed by atoms with Gasteiger partial charge in [-0.1, -0.05) is 0 Å². The molecule has 0 fully saturated rings. The van der Waals surface area contributed by atoms with Crippen molar-refractivity contribution in [3.63, 3.8) is 0 Å². The van der Waals surface area contributed by atoms with E-state index >= 15 is 0 Å². The quantitative estimate of drug-likeness (QED) is 0.629. The van der Waals surface area contributed by atoms with Crippen molar-refractivity contribution in [2.75, 3.05) is 14.2 Å². The number of carbonyl (C=O) groups is 4. The molecule has 8 nitrogen and oxygen atoms in total. The third-order valence-corrected chi connectivity index (χ3v) is 2.00. The molecule has 0 spiro atoms. The summed E-state index contributed by atoms with van der Waals surface area (Å²) >= 11 is 0. The molecular formula is C12H20O8. The van der Waals surface area contributed by atoms with Crippen molar-refractivity contribution in [3.05, 3.63) is 0 Å². The van der Waals surface area contributed by atoms with Crippen LogP contribution in [0.5, 0.6) is 0 Å². The number of esters is 2. The van der Waals surface area contributed by atoms with E-state index in [-0.39, 0.29) is 44.0 Å². The van der Waals surface area contributed by atoms with Gasteiger partial charge in [-0.2, -0.15) is 0 Å². The molecule has 0 rings (SSSR count). The second-order valence-electron chi connectivity index (χ2n) is 3.65. The summed E-state index contributed by atoms with van der Waals surface area (Å²) in [6, 6.07) is 0. The molecule has 0 aliphatic rings. The molecule has 0 atom stereocenters. The first kappa shape index (κ1) is 20.2. The van der Waals surface area contributed by atoms with Crippen LogP contribution < -0.4 is 0 Å². The minimum atomic E-state index is -0.948. The molecule has 0 saturated heterocycles. The minimum absolute atomic E-state index is 0.0632. The Balaban J connectivity index is 0. The Morgan fingerprint density at radius 3 is 1.25 bits per heavy atom. The van der Waals surface area contributed by atoms with Crippen LogP contribution in [-0.4, -0.2) is 48.3 Å². The largest absolute Gasteiger partial charge is 0.481 e.